The molecule has 27 nitrogen and oxygen atoms in total. The standard InChI is InChI=1S/C18H26F2O6.C18H24F2O6.C18H26F2O5.C14H22F2O5.C9H14F2O5/c1-11(21)24-8-14(9-25-16(2,19)20)26-15(22)17-4-12-3-13(5-17)7-18(23,6-12)10-17;1-10(21)24-8-14(9-25-17(2,19)20)26-16(23)18-5-11-3-12(6-18)15(22)13(4-11)7-18;1-11(21)23-9-15(10-24-17(2,19)20)25-16(22)18-6-12-3-13(7-18)5-14(4-12)8-18;1-10(17)19-8-12(9-20-14(2,15)16)21-13(18)11-6-4-3-5-7-11;1-6(12)14-4-8(16-7(2)13)5-15-9(3,10)11/h12-14,23H,3-10H2,1-2H3;11-14H,3-9H2,1-2H3;12-15H,3-10H2,1-2H3;11-12H,3-9H2,1-2H3;8H,4-5H2,1-3H3. The van der Waals surface area contributed by atoms with Crippen molar-refractivity contribution >= 4 is 65.5 Å². The molecule has 37 heteroatoms. The summed E-state index contributed by atoms with van der Waals surface area (Å²) in [4.78, 5) is 128. The molecule has 652 valence electrons. The summed E-state index contributed by atoms with van der Waals surface area (Å²) in [6, 6.07) is 0. The molecule has 13 saturated carbocycles. The molecule has 0 aromatic carbocycles. The number of ether oxygens (including phenoxy) is 15. The first kappa shape index (κ1) is 96.3. The van der Waals surface area contributed by atoms with Crippen molar-refractivity contribution in [2.45, 2.75) is 284 Å². The summed E-state index contributed by atoms with van der Waals surface area (Å²) < 4.78 is 199. The van der Waals surface area contributed by atoms with Gasteiger partial charge in [0.1, 0.15) is 38.8 Å². The highest BCUT2D eigenvalue weighted by molar-refractivity contribution is 5.90. The lowest BCUT2D eigenvalue weighted by Gasteiger charge is -2.58. The lowest BCUT2D eigenvalue weighted by atomic mass is 9.48. The highest BCUT2D eigenvalue weighted by atomic mass is 19.3. The molecule has 0 aliphatic heterocycles. The van der Waals surface area contributed by atoms with Crippen LogP contribution in [0.1, 0.15) is 217 Å². The van der Waals surface area contributed by atoms with Gasteiger partial charge in [-0.1, -0.05) is 19.3 Å². The number of halogens is 10. The second-order valence-corrected chi connectivity index (χ2v) is 33.0. The van der Waals surface area contributed by atoms with Gasteiger partial charge in [-0.05, 0) is 158 Å². The van der Waals surface area contributed by atoms with E-state index >= 15 is 0 Å². The van der Waals surface area contributed by atoms with E-state index in [0.717, 1.165) is 84.5 Å². The third-order valence-corrected chi connectivity index (χ3v) is 21.7. The van der Waals surface area contributed by atoms with Crippen LogP contribution in [0.25, 0.3) is 0 Å². The van der Waals surface area contributed by atoms with E-state index in [1.807, 2.05) is 0 Å². The van der Waals surface area contributed by atoms with Crippen LogP contribution in [0.15, 0.2) is 0 Å². The van der Waals surface area contributed by atoms with Crippen molar-refractivity contribution in [1.29, 1.82) is 0 Å². The number of aliphatic hydroxyl groups is 1. The van der Waals surface area contributed by atoms with Gasteiger partial charge in [-0.3, -0.25) is 52.7 Å². The molecule has 0 amide bonds. The van der Waals surface area contributed by atoms with E-state index < -0.39 is 170 Å². The van der Waals surface area contributed by atoms with Crippen LogP contribution in [0.4, 0.5) is 43.9 Å². The van der Waals surface area contributed by atoms with Crippen LogP contribution in [0, 0.1) is 69.5 Å². The smallest absolute Gasteiger partial charge is 0.353 e. The zero-order valence-corrected chi connectivity index (χ0v) is 66.6. The van der Waals surface area contributed by atoms with E-state index in [4.69, 9.17) is 37.9 Å². The summed E-state index contributed by atoms with van der Waals surface area (Å²) in [5.74, 6) is -2.91. The lowest BCUT2D eigenvalue weighted by molar-refractivity contribution is -0.244. The first-order valence-electron chi connectivity index (χ1n) is 38.7. The van der Waals surface area contributed by atoms with Crippen LogP contribution < -0.4 is 0 Å². The Balaban J connectivity index is 0.000000224. The second kappa shape index (κ2) is 41.2. The first-order chi connectivity index (χ1) is 52.7. The average molecular weight is 1660 g/mol. The van der Waals surface area contributed by atoms with Gasteiger partial charge in [0.25, 0.3) is 0 Å². The minimum Gasteiger partial charge on any atom is -0.462 e. The molecule has 13 rings (SSSR count). The summed E-state index contributed by atoms with van der Waals surface area (Å²) in [7, 11) is 0. The maximum Gasteiger partial charge on any atom is 0.353 e. The maximum atomic E-state index is 13.0. The number of alkyl halides is 10. The maximum absolute atomic E-state index is 13.0. The van der Waals surface area contributed by atoms with Gasteiger partial charge >= 0.3 is 90.2 Å². The number of esters is 10. The van der Waals surface area contributed by atoms with Crippen molar-refractivity contribution in [1.82, 2.24) is 0 Å². The van der Waals surface area contributed by atoms with Gasteiger partial charge in [0.2, 0.25) is 0 Å². The number of ketones is 1. The monoisotopic (exact) mass is 1660 g/mol. The SMILES string of the molecule is CC(=O)OCC(COC(C)(F)F)OC(=O)C12CC3CC(C1)C(=O)C(C3)C2.CC(=O)OCC(COC(C)(F)F)OC(=O)C12CC3CC(CC(C3)C1)C2.CC(=O)OCC(COC(C)(F)F)OC(=O)C12CC3CC(CC(O)(C3)C1)C2.CC(=O)OCC(COC(C)(F)F)OC(=O)C1CCCCC1.CC(=O)OCC(COC(C)(F)F)OC(C)=O. The summed E-state index contributed by atoms with van der Waals surface area (Å²) >= 11 is 0. The number of hydrogen-bond donors (Lipinski definition) is 1. The van der Waals surface area contributed by atoms with Gasteiger partial charge in [-0.25, -0.2) is 0 Å². The molecule has 1 N–H and O–H groups in total. The predicted octanol–water partition coefficient (Wildman–Crippen LogP) is 12.0. The molecule has 9 unspecified atom stereocenters. The quantitative estimate of drug-likeness (QED) is 0.0355. The Labute approximate surface area is 655 Å². The number of rotatable bonds is 34. The van der Waals surface area contributed by atoms with Crippen molar-refractivity contribution in [3.05, 3.63) is 0 Å². The highest BCUT2D eigenvalue weighted by Gasteiger charge is 2.63. The van der Waals surface area contributed by atoms with Crippen LogP contribution in [-0.4, -0.2) is 203 Å². The minimum absolute atomic E-state index is 0.100. The summed E-state index contributed by atoms with van der Waals surface area (Å²) in [5, 5.41) is 10.7. The molecule has 0 aromatic heterocycles. The van der Waals surface area contributed by atoms with E-state index in [1.165, 1.54) is 47.0 Å². The molecule has 12 bridgehead atoms. The number of hydrogen-bond acceptors (Lipinski definition) is 27. The van der Waals surface area contributed by atoms with E-state index in [0.29, 0.717) is 110 Å². The Hall–Kier alpha value is -6.57. The van der Waals surface area contributed by atoms with Crippen molar-refractivity contribution in [3.8, 4) is 0 Å². The molecular weight excluding hydrogens is 1550 g/mol. The zero-order chi connectivity index (χ0) is 85.2. The van der Waals surface area contributed by atoms with Crippen molar-refractivity contribution in [2.24, 2.45) is 69.5 Å². The van der Waals surface area contributed by atoms with Crippen molar-refractivity contribution < 1.29 is 173 Å². The fourth-order valence-electron chi connectivity index (χ4n) is 18.3. The predicted molar refractivity (Wildman–Crippen MR) is 371 cm³/mol. The molecule has 0 aromatic rings. The Morgan fingerprint density at radius 3 is 0.895 bits per heavy atom. The fraction of sp³-hybridized carbons (Fsp3) is 0.857. The molecule has 13 aliphatic carbocycles. The van der Waals surface area contributed by atoms with Crippen LogP contribution in [0.5, 0.6) is 0 Å². The highest BCUT2D eigenvalue weighted by Crippen LogP contribution is 2.63. The van der Waals surface area contributed by atoms with E-state index in [9.17, 15) is 102 Å². The topological polar surface area (TPSA) is 346 Å². The van der Waals surface area contributed by atoms with Gasteiger partial charge < -0.3 is 76.2 Å². The number of Topliss-reactive ketones (excluding diaryl/α,β-unsaturated/α-hetero) is 1. The molecule has 0 saturated heterocycles. The number of carbonyl (C=O) groups is 11. The minimum atomic E-state index is -3.38. The Morgan fingerprint density at radius 2 is 0.605 bits per heavy atom. The van der Waals surface area contributed by atoms with Crippen LogP contribution in [-0.2, 0) is 124 Å². The van der Waals surface area contributed by atoms with Gasteiger partial charge in [0.15, 0.2) is 30.5 Å². The van der Waals surface area contributed by atoms with E-state index in [1.54, 1.807) is 0 Å². The number of carbonyl (C=O) groups excluding carboxylic acids is 11. The molecule has 114 heavy (non-hydrogen) atoms. The van der Waals surface area contributed by atoms with E-state index in [-0.39, 0.29) is 74.4 Å². The summed E-state index contributed by atoms with van der Waals surface area (Å²) in [6.45, 7) is 5.71. The Morgan fingerprint density at radius 1 is 0.342 bits per heavy atom. The van der Waals surface area contributed by atoms with Crippen LogP contribution in [0.2, 0.25) is 0 Å². The molecular formula is C77H112F10O27. The fourth-order valence-corrected chi connectivity index (χ4v) is 18.3. The third-order valence-electron chi connectivity index (χ3n) is 21.7. The molecule has 0 radical (unpaired) electrons. The van der Waals surface area contributed by atoms with Gasteiger partial charge in [0.05, 0.1) is 60.8 Å². The zero-order valence-electron chi connectivity index (χ0n) is 66.6. The van der Waals surface area contributed by atoms with Gasteiger partial charge in [0, 0.05) is 88.0 Å². The summed E-state index contributed by atoms with van der Waals surface area (Å²) in [6.07, 6.45) is -4.21. The largest absolute Gasteiger partial charge is 0.462 e. The first-order valence-corrected chi connectivity index (χ1v) is 38.7. The average Bonchev–Trinajstić information content (AvgIpc) is 0.711. The molecule has 0 spiro atoms. The molecule has 9 atom stereocenters. The summed E-state index contributed by atoms with van der Waals surface area (Å²) in [5.41, 5.74) is -2.82. The normalized spacial score (nSPS) is 28.8. The van der Waals surface area contributed by atoms with E-state index in [2.05, 4.69) is 33.2 Å². The Kier molecular flexibility index (Phi) is 34.8. The van der Waals surface area contributed by atoms with Gasteiger partial charge in [-0.2, -0.15) is 43.9 Å². The van der Waals surface area contributed by atoms with Gasteiger partial charge in [-0.15, -0.1) is 0 Å². The van der Waals surface area contributed by atoms with Crippen LogP contribution >= 0.6 is 0 Å². The Bertz CT molecular complexity index is 3180. The lowest BCUT2D eigenvalue weighted by Crippen LogP contribution is -2.59. The molecule has 0 heterocycles. The third kappa shape index (κ3) is 33.1. The second-order valence-electron chi connectivity index (χ2n) is 33.0. The van der Waals surface area contributed by atoms with Crippen molar-refractivity contribution in [2.75, 3.05) is 66.1 Å². The molecule has 13 fully saturated rings. The van der Waals surface area contributed by atoms with Crippen LogP contribution in [0.3, 0.4) is 0 Å². The molecule has 13 aliphatic rings. The van der Waals surface area contributed by atoms with Crippen molar-refractivity contribution in [3.63, 3.8) is 0 Å².